The first kappa shape index (κ1) is 30.2. The molecular weight excluding hydrogens is 712 g/mol. The molecule has 5 aromatic rings. The highest BCUT2D eigenvalue weighted by atomic mass is 127. The first-order chi connectivity index (χ1) is 19.9. The van der Waals surface area contributed by atoms with Crippen molar-refractivity contribution >= 4 is 84.2 Å². The molecule has 0 amide bonds. The molecule has 0 aliphatic carbocycles. The van der Waals surface area contributed by atoms with Gasteiger partial charge in [-0.25, -0.2) is 19.7 Å². The third kappa shape index (κ3) is 5.94. The van der Waals surface area contributed by atoms with Crippen LogP contribution in [0, 0.1) is 22.0 Å². The Hall–Kier alpha value is -3.31. The number of carbonyl (C=O) groups excluding carboxylic acids is 1. The van der Waals surface area contributed by atoms with Crippen LogP contribution in [0.1, 0.15) is 42.5 Å². The van der Waals surface area contributed by atoms with Gasteiger partial charge in [-0.1, -0.05) is 23.2 Å². The maximum atomic E-state index is 13.4. The fraction of sp³-hybridized carbons (Fsp3) is 0.241. The van der Waals surface area contributed by atoms with Gasteiger partial charge in [0.05, 0.1) is 39.4 Å². The minimum Gasteiger partial charge on any atom is -0.491 e. The molecule has 0 unspecified atom stereocenters. The smallest absolute Gasteiger partial charge is 0.341 e. The summed E-state index contributed by atoms with van der Waals surface area (Å²) >= 11 is 16.0. The number of nitrogens with zero attached hydrogens (tertiary/aromatic N) is 5. The normalized spacial score (nSPS) is 11.6. The average molecular weight is 734 g/mol. The van der Waals surface area contributed by atoms with Crippen LogP contribution in [-0.4, -0.2) is 37.7 Å². The van der Waals surface area contributed by atoms with E-state index in [0.29, 0.717) is 42.5 Å². The molecule has 0 atom stereocenters. The first-order valence-electron chi connectivity index (χ1n) is 12.6. The molecule has 13 heteroatoms. The van der Waals surface area contributed by atoms with Gasteiger partial charge in [0, 0.05) is 21.5 Å². The van der Waals surface area contributed by atoms with Crippen molar-refractivity contribution in [1.29, 1.82) is 5.26 Å². The van der Waals surface area contributed by atoms with Crippen molar-refractivity contribution in [3.8, 4) is 22.9 Å². The number of rotatable bonds is 6. The number of ether oxygens (including phenoxy) is 2. The van der Waals surface area contributed by atoms with Crippen LogP contribution >= 0.6 is 57.1 Å². The Labute approximate surface area is 268 Å². The number of hydrogen-bond acceptors (Lipinski definition) is 9. The Morgan fingerprint density at radius 3 is 2.67 bits per heavy atom. The van der Waals surface area contributed by atoms with E-state index in [-0.39, 0.29) is 29.3 Å². The minimum absolute atomic E-state index is 0.0145. The first-order valence-corrected chi connectivity index (χ1v) is 15.3. The highest BCUT2D eigenvalue weighted by Crippen LogP contribution is 2.41. The van der Waals surface area contributed by atoms with E-state index in [1.165, 1.54) is 22.1 Å². The number of benzene rings is 1. The van der Waals surface area contributed by atoms with Crippen molar-refractivity contribution < 1.29 is 14.3 Å². The molecule has 0 spiro atoms. The van der Waals surface area contributed by atoms with E-state index in [4.69, 9.17) is 32.7 Å². The van der Waals surface area contributed by atoms with E-state index in [0.717, 1.165) is 10.3 Å². The highest BCUT2D eigenvalue weighted by Gasteiger charge is 2.24. The lowest BCUT2D eigenvalue weighted by molar-refractivity contribution is 0.00721. The van der Waals surface area contributed by atoms with Crippen LogP contribution in [0.2, 0.25) is 10.2 Å². The number of thiophene rings is 1. The second-order valence-electron chi connectivity index (χ2n) is 10.2. The van der Waals surface area contributed by atoms with Crippen LogP contribution in [0.5, 0.6) is 5.75 Å². The number of carbonyl (C=O) groups is 1. The van der Waals surface area contributed by atoms with Gasteiger partial charge < -0.3 is 9.47 Å². The summed E-state index contributed by atoms with van der Waals surface area (Å²) < 4.78 is 14.7. The number of fused-ring (bicyclic) bond motifs is 2. The van der Waals surface area contributed by atoms with Crippen LogP contribution in [0.4, 0.5) is 0 Å². The number of nitriles is 1. The average Bonchev–Trinajstić information content (AvgIpc) is 3.34. The summed E-state index contributed by atoms with van der Waals surface area (Å²) in [6.45, 7) is 7.42. The quantitative estimate of drug-likeness (QED) is 0.102. The van der Waals surface area contributed by atoms with Gasteiger partial charge in [-0.3, -0.25) is 9.36 Å². The van der Waals surface area contributed by atoms with Crippen LogP contribution in [0.25, 0.3) is 32.2 Å². The zero-order chi connectivity index (χ0) is 30.3. The third-order valence-corrected chi connectivity index (χ3v) is 8.25. The van der Waals surface area contributed by atoms with Crippen molar-refractivity contribution in [2.45, 2.75) is 39.8 Å². The third-order valence-electron chi connectivity index (χ3n) is 6.17. The summed E-state index contributed by atoms with van der Waals surface area (Å²) in [6.07, 6.45) is 1.38. The van der Waals surface area contributed by atoms with E-state index in [1.54, 1.807) is 30.5 Å². The lowest BCUT2D eigenvalue weighted by atomic mass is 10.0. The number of aromatic nitrogens is 4. The second-order valence-corrected chi connectivity index (χ2v) is 13.0. The molecule has 214 valence electrons. The lowest BCUT2D eigenvalue weighted by Crippen LogP contribution is -2.27. The molecule has 4 heterocycles. The molecule has 0 aliphatic rings. The standard InChI is InChI=1S/C29H22Cl2IN5O4S/c1-14-35-20-12-34-26(31)18(11-33)23(20)27(38)37(14)7-8-40-21-6-5-15(30)9-16(21)17-10-22(32)36-24-19(13-42-25(17)24)28(39)41-29(2,3)4/h5-6,9-10,12-13H,7-8H2,1-4H3. The fourth-order valence-electron chi connectivity index (χ4n) is 4.40. The van der Waals surface area contributed by atoms with Gasteiger partial charge in [0.25, 0.3) is 5.56 Å². The highest BCUT2D eigenvalue weighted by molar-refractivity contribution is 14.1. The number of esters is 1. The van der Waals surface area contributed by atoms with Crippen LogP contribution in [-0.2, 0) is 11.3 Å². The van der Waals surface area contributed by atoms with Crippen molar-refractivity contribution in [2.24, 2.45) is 0 Å². The fourth-order valence-corrected chi connectivity index (χ4v) is 6.32. The zero-order valence-corrected chi connectivity index (χ0v) is 27.3. The van der Waals surface area contributed by atoms with Gasteiger partial charge >= 0.3 is 5.97 Å². The van der Waals surface area contributed by atoms with Crippen molar-refractivity contribution in [3.05, 3.63) is 77.0 Å². The summed E-state index contributed by atoms with van der Waals surface area (Å²) in [6, 6.07) is 9.12. The molecule has 4 aromatic heterocycles. The van der Waals surface area contributed by atoms with Gasteiger partial charge in [0.2, 0.25) is 0 Å². The Balaban J connectivity index is 1.50. The Morgan fingerprint density at radius 2 is 1.95 bits per heavy atom. The van der Waals surface area contributed by atoms with Crippen LogP contribution in [0.3, 0.4) is 0 Å². The summed E-state index contributed by atoms with van der Waals surface area (Å²) in [7, 11) is 0. The van der Waals surface area contributed by atoms with Crippen molar-refractivity contribution in [3.63, 3.8) is 0 Å². The molecule has 1 aromatic carbocycles. The Morgan fingerprint density at radius 1 is 1.19 bits per heavy atom. The van der Waals surface area contributed by atoms with Gasteiger partial charge in [-0.05, 0) is 74.6 Å². The summed E-state index contributed by atoms with van der Waals surface area (Å²) in [5.74, 6) is 0.525. The number of halogens is 3. The van der Waals surface area contributed by atoms with E-state index in [2.05, 4.69) is 37.5 Å². The van der Waals surface area contributed by atoms with Crippen LogP contribution < -0.4 is 10.3 Å². The van der Waals surface area contributed by atoms with Gasteiger partial charge in [-0.15, -0.1) is 11.3 Å². The monoisotopic (exact) mass is 733 g/mol. The van der Waals surface area contributed by atoms with Crippen LogP contribution in [0.15, 0.2) is 40.6 Å². The molecule has 42 heavy (non-hydrogen) atoms. The van der Waals surface area contributed by atoms with E-state index in [9.17, 15) is 14.9 Å². The molecular formula is C29H22Cl2IN5O4S. The SMILES string of the molecule is Cc1nc2cnc(Cl)c(C#N)c2c(=O)n1CCOc1ccc(Cl)cc1-c1cc(I)nc2c(C(=O)OC(C)(C)C)csc12. The van der Waals surface area contributed by atoms with E-state index < -0.39 is 17.1 Å². The molecule has 0 radical (unpaired) electrons. The molecule has 0 saturated heterocycles. The molecule has 0 N–H and O–H groups in total. The zero-order valence-electron chi connectivity index (χ0n) is 22.8. The molecule has 0 bridgehead atoms. The minimum atomic E-state index is -0.649. The largest absolute Gasteiger partial charge is 0.491 e. The van der Waals surface area contributed by atoms with Crippen molar-refractivity contribution in [1.82, 2.24) is 19.5 Å². The van der Waals surface area contributed by atoms with Gasteiger partial charge in [0.15, 0.2) is 0 Å². The topological polar surface area (TPSA) is 120 Å². The van der Waals surface area contributed by atoms with Gasteiger partial charge in [-0.2, -0.15) is 5.26 Å². The molecule has 0 fully saturated rings. The van der Waals surface area contributed by atoms with Crippen molar-refractivity contribution in [2.75, 3.05) is 6.61 Å². The Kier molecular flexibility index (Phi) is 8.44. The summed E-state index contributed by atoms with van der Waals surface area (Å²) in [4.78, 5) is 39.3. The predicted molar refractivity (Wildman–Crippen MR) is 172 cm³/mol. The second kappa shape index (κ2) is 11.8. The molecule has 9 nitrogen and oxygen atoms in total. The van der Waals surface area contributed by atoms with E-state index >= 15 is 0 Å². The summed E-state index contributed by atoms with van der Waals surface area (Å²) in [5, 5.41) is 11.9. The maximum Gasteiger partial charge on any atom is 0.341 e. The lowest BCUT2D eigenvalue weighted by Gasteiger charge is -2.19. The van der Waals surface area contributed by atoms with Gasteiger partial charge in [0.1, 0.15) is 44.3 Å². The number of aryl methyl sites for hydroxylation is 1. The predicted octanol–water partition coefficient (Wildman–Crippen LogP) is 7.19. The maximum absolute atomic E-state index is 13.4. The Bertz CT molecular complexity index is 2000. The molecule has 0 saturated carbocycles. The number of hydrogen-bond donors (Lipinski definition) is 0. The molecule has 5 rings (SSSR count). The van der Waals surface area contributed by atoms with E-state index in [1.807, 2.05) is 32.9 Å². The number of pyridine rings is 2. The summed E-state index contributed by atoms with van der Waals surface area (Å²) in [5.41, 5.74) is 1.65. The molecule has 0 aliphatic heterocycles.